The summed E-state index contributed by atoms with van der Waals surface area (Å²) in [6, 6.07) is 0. The van der Waals surface area contributed by atoms with E-state index in [1.54, 1.807) is 6.92 Å². The van der Waals surface area contributed by atoms with Crippen LogP contribution in [0.15, 0.2) is 0 Å². The summed E-state index contributed by atoms with van der Waals surface area (Å²) in [5.74, 6) is 0.893. The molecule has 17 heavy (non-hydrogen) atoms. The monoisotopic (exact) mass is 257 g/mol. The quantitative estimate of drug-likeness (QED) is 0.620. The van der Waals surface area contributed by atoms with Crippen molar-refractivity contribution < 1.29 is 9.90 Å². The van der Waals surface area contributed by atoms with E-state index in [9.17, 15) is 4.79 Å². The average molecular weight is 258 g/mol. The number of hydrogen-bond donors (Lipinski definition) is 2. The predicted octanol–water partition coefficient (Wildman–Crippen LogP) is 1.68. The minimum Gasteiger partial charge on any atom is -0.396 e. The van der Waals surface area contributed by atoms with Crippen molar-refractivity contribution in [2.75, 3.05) is 18.5 Å². The first kappa shape index (κ1) is 13.9. The van der Waals surface area contributed by atoms with E-state index in [4.69, 9.17) is 16.7 Å². The highest BCUT2D eigenvalue weighted by atomic mass is 35.5. The van der Waals surface area contributed by atoms with Gasteiger partial charge < -0.3 is 10.4 Å². The van der Waals surface area contributed by atoms with Crippen LogP contribution in [0.2, 0.25) is 5.15 Å². The number of anilines is 1. The van der Waals surface area contributed by atoms with Crippen LogP contribution in [0.1, 0.15) is 30.0 Å². The van der Waals surface area contributed by atoms with Gasteiger partial charge in [-0.1, -0.05) is 25.4 Å². The summed E-state index contributed by atoms with van der Waals surface area (Å²) in [6.45, 7) is 6.01. The number of carbonyl (C=O) groups excluding carboxylic acids is 1. The second-order valence-electron chi connectivity index (χ2n) is 4.62. The van der Waals surface area contributed by atoms with Crippen molar-refractivity contribution in [2.24, 2.45) is 5.41 Å². The van der Waals surface area contributed by atoms with Gasteiger partial charge in [-0.15, -0.1) is 0 Å². The summed E-state index contributed by atoms with van der Waals surface area (Å²) >= 11 is 5.85. The van der Waals surface area contributed by atoms with Gasteiger partial charge in [-0.2, -0.15) is 0 Å². The summed E-state index contributed by atoms with van der Waals surface area (Å²) in [7, 11) is 0. The number of rotatable bonds is 5. The van der Waals surface area contributed by atoms with Crippen molar-refractivity contribution in [3.05, 3.63) is 16.5 Å². The number of aryl methyl sites for hydroxylation is 1. The molecule has 1 aromatic heterocycles. The van der Waals surface area contributed by atoms with Crippen LogP contribution in [-0.2, 0) is 0 Å². The van der Waals surface area contributed by atoms with Gasteiger partial charge in [0, 0.05) is 18.6 Å². The van der Waals surface area contributed by atoms with Gasteiger partial charge in [0.15, 0.2) is 6.29 Å². The molecule has 6 heteroatoms. The lowest BCUT2D eigenvalue weighted by atomic mass is 9.95. The van der Waals surface area contributed by atoms with Gasteiger partial charge in [0.05, 0.1) is 5.56 Å². The Hall–Kier alpha value is -1.20. The molecular weight excluding hydrogens is 242 g/mol. The highest BCUT2D eigenvalue weighted by Crippen LogP contribution is 2.21. The number of carbonyl (C=O) groups is 1. The van der Waals surface area contributed by atoms with Gasteiger partial charge in [-0.05, 0) is 6.92 Å². The van der Waals surface area contributed by atoms with E-state index in [0.29, 0.717) is 24.5 Å². The van der Waals surface area contributed by atoms with Crippen LogP contribution < -0.4 is 5.32 Å². The van der Waals surface area contributed by atoms with E-state index in [-0.39, 0.29) is 22.7 Å². The zero-order valence-electron chi connectivity index (χ0n) is 10.1. The highest BCUT2D eigenvalue weighted by molar-refractivity contribution is 6.32. The molecule has 0 bridgehead atoms. The SMILES string of the molecule is Cc1nc(Cl)c(C=O)c(NCC(C)(C)CO)n1. The molecule has 94 valence electrons. The number of aromatic nitrogens is 2. The van der Waals surface area contributed by atoms with E-state index >= 15 is 0 Å². The van der Waals surface area contributed by atoms with Crippen molar-refractivity contribution in [1.82, 2.24) is 9.97 Å². The molecule has 0 aliphatic heterocycles. The lowest BCUT2D eigenvalue weighted by Gasteiger charge is -2.22. The Morgan fingerprint density at radius 1 is 1.47 bits per heavy atom. The number of halogens is 1. The summed E-state index contributed by atoms with van der Waals surface area (Å²) in [6.07, 6.45) is 0.621. The molecule has 1 aromatic rings. The third kappa shape index (κ3) is 3.64. The van der Waals surface area contributed by atoms with E-state index in [1.165, 1.54) is 0 Å². The molecule has 0 radical (unpaired) electrons. The second kappa shape index (κ2) is 5.42. The average Bonchev–Trinajstić information content (AvgIpc) is 2.26. The summed E-state index contributed by atoms with van der Waals surface area (Å²) in [4.78, 5) is 18.9. The summed E-state index contributed by atoms with van der Waals surface area (Å²) in [5, 5.41) is 12.3. The van der Waals surface area contributed by atoms with E-state index in [1.807, 2.05) is 13.8 Å². The maximum Gasteiger partial charge on any atom is 0.156 e. The molecule has 2 N–H and O–H groups in total. The highest BCUT2D eigenvalue weighted by Gasteiger charge is 2.18. The van der Waals surface area contributed by atoms with Crippen molar-refractivity contribution in [1.29, 1.82) is 0 Å². The largest absolute Gasteiger partial charge is 0.396 e. The molecule has 0 saturated heterocycles. The molecule has 1 rings (SSSR count). The molecule has 5 nitrogen and oxygen atoms in total. The van der Waals surface area contributed by atoms with Gasteiger partial charge in [-0.3, -0.25) is 4.79 Å². The predicted molar refractivity (Wildman–Crippen MR) is 66.5 cm³/mol. The van der Waals surface area contributed by atoms with Crippen LogP contribution >= 0.6 is 11.6 Å². The fourth-order valence-electron chi connectivity index (χ4n) is 1.17. The third-order valence-electron chi connectivity index (χ3n) is 2.29. The van der Waals surface area contributed by atoms with Crippen molar-refractivity contribution in [2.45, 2.75) is 20.8 Å². The molecule has 0 aromatic carbocycles. The van der Waals surface area contributed by atoms with Crippen LogP contribution in [0.5, 0.6) is 0 Å². The van der Waals surface area contributed by atoms with Gasteiger partial charge in [0.1, 0.15) is 16.8 Å². The first-order chi connectivity index (χ1) is 7.89. The lowest BCUT2D eigenvalue weighted by Crippen LogP contribution is -2.27. The first-order valence-electron chi connectivity index (χ1n) is 5.23. The molecule has 0 spiro atoms. The number of aliphatic hydroxyl groups is 1. The van der Waals surface area contributed by atoms with Crippen LogP contribution in [-0.4, -0.2) is 34.5 Å². The summed E-state index contributed by atoms with van der Waals surface area (Å²) in [5.41, 5.74) is -0.0584. The number of nitrogens with one attached hydrogen (secondary N) is 1. The maximum absolute atomic E-state index is 10.9. The van der Waals surface area contributed by atoms with Crippen molar-refractivity contribution in [3.8, 4) is 0 Å². The standard InChI is InChI=1S/C11H16ClN3O2/c1-7-14-9(12)8(4-16)10(15-7)13-5-11(2,3)6-17/h4,17H,5-6H2,1-3H3,(H,13,14,15). The minimum absolute atomic E-state index is 0.0359. The Morgan fingerprint density at radius 2 is 2.12 bits per heavy atom. The van der Waals surface area contributed by atoms with E-state index in [0.717, 1.165) is 0 Å². The van der Waals surface area contributed by atoms with Crippen LogP contribution in [0.4, 0.5) is 5.82 Å². The molecule has 0 aliphatic rings. The molecule has 0 saturated carbocycles. The van der Waals surface area contributed by atoms with E-state index < -0.39 is 0 Å². The van der Waals surface area contributed by atoms with Crippen LogP contribution in [0, 0.1) is 12.3 Å². The molecule has 0 fully saturated rings. The smallest absolute Gasteiger partial charge is 0.156 e. The van der Waals surface area contributed by atoms with Crippen LogP contribution in [0.25, 0.3) is 0 Å². The molecule has 1 heterocycles. The van der Waals surface area contributed by atoms with Crippen molar-refractivity contribution >= 4 is 23.7 Å². The fourth-order valence-corrected chi connectivity index (χ4v) is 1.42. The normalized spacial score (nSPS) is 11.4. The fraction of sp³-hybridized carbons (Fsp3) is 0.545. The second-order valence-corrected chi connectivity index (χ2v) is 4.98. The Balaban J connectivity index is 2.94. The van der Waals surface area contributed by atoms with Crippen LogP contribution in [0.3, 0.4) is 0 Å². The number of aldehydes is 1. The zero-order chi connectivity index (χ0) is 13.1. The van der Waals surface area contributed by atoms with Gasteiger partial charge in [0.25, 0.3) is 0 Å². The maximum atomic E-state index is 10.9. The minimum atomic E-state index is -0.300. The Bertz CT molecular complexity index is 421. The molecular formula is C11H16ClN3O2. The number of hydrogen-bond acceptors (Lipinski definition) is 5. The van der Waals surface area contributed by atoms with Crippen molar-refractivity contribution in [3.63, 3.8) is 0 Å². The first-order valence-corrected chi connectivity index (χ1v) is 5.61. The van der Waals surface area contributed by atoms with E-state index in [2.05, 4.69) is 15.3 Å². The number of aliphatic hydroxyl groups excluding tert-OH is 1. The van der Waals surface area contributed by atoms with Gasteiger partial charge in [-0.25, -0.2) is 9.97 Å². The Labute approximate surface area is 105 Å². The number of nitrogens with zero attached hydrogens (tertiary/aromatic N) is 2. The third-order valence-corrected chi connectivity index (χ3v) is 2.58. The topological polar surface area (TPSA) is 75.1 Å². The zero-order valence-corrected chi connectivity index (χ0v) is 10.9. The van der Waals surface area contributed by atoms with Gasteiger partial charge in [0.2, 0.25) is 0 Å². The summed E-state index contributed by atoms with van der Waals surface area (Å²) < 4.78 is 0. The van der Waals surface area contributed by atoms with Gasteiger partial charge >= 0.3 is 0 Å². The lowest BCUT2D eigenvalue weighted by molar-refractivity contribution is 0.112. The molecule has 0 aliphatic carbocycles. The molecule has 0 amide bonds. The molecule has 0 unspecified atom stereocenters. The Kier molecular flexibility index (Phi) is 4.42. The Morgan fingerprint density at radius 3 is 2.65 bits per heavy atom. The molecule has 0 atom stereocenters.